The van der Waals surface area contributed by atoms with Crippen molar-refractivity contribution in [2.24, 2.45) is 0 Å². The van der Waals surface area contributed by atoms with Crippen LogP contribution in [0.2, 0.25) is 0 Å². The Kier molecular flexibility index (Phi) is 5.04. The molecule has 0 bridgehead atoms. The van der Waals surface area contributed by atoms with Crippen LogP contribution >= 0.6 is 23.1 Å². The quantitative estimate of drug-likeness (QED) is 0.484. The van der Waals surface area contributed by atoms with E-state index in [0.717, 1.165) is 5.75 Å². The van der Waals surface area contributed by atoms with Crippen LogP contribution in [-0.2, 0) is 6.54 Å². The van der Waals surface area contributed by atoms with Gasteiger partial charge >= 0.3 is 0 Å². The molecule has 0 atom stereocenters. The summed E-state index contributed by atoms with van der Waals surface area (Å²) in [6.07, 6.45) is 0. The lowest BCUT2D eigenvalue weighted by Gasteiger charge is -2.04. The molecule has 0 fully saturated rings. The van der Waals surface area contributed by atoms with Crippen molar-refractivity contribution < 1.29 is 9.53 Å². The molecule has 0 aliphatic carbocycles. The molecule has 8 heteroatoms. The van der Waals surface area contributed by atoms with Crippen LogP contribution in [-0.4, -0.2) is 38.9 Å². The predicted molar refractivity (Wildman–Crippen MR) is 89.3 cm³/mol. The molecule has 2 aromatic heterocycles. The van der Waals surface area contributed by atoms with Crippen LogP contribution in [0.5, 0.6) is 5.75 Å². The summed E-state index contributed by atoms with van der Waals surface area (Å²) in [7, 11) is 1.60. The summed E-state index contributed by atoms with van der Waals surface area (Å²) in [4.78, 5) is 13.4. The van der Waals surface area contributed by atoms with Crippen molar-refractivity contribution in [3.63, 3.8) is 0 Å². The number of ketones is 1. The van der Waals surface area contributed by atoms with Gasteiger partial charge in [0.2, 0.25) is 5.16 Å². The minimum absolute atomic E-state index is 0.0309. The van der Waals surface area contributed by atoms with Gasteiger partial charge in [-0.1, -0.05) is 17.8 Å². The Morgan fingerprint density at radius 3 is 2.83 bits per heavy atom. The van der Waals surface area contributed by atoms with Gasteiger partial charge in [-0.2, -0.15) is 0 Å². The first-order valence-corrected chi connectivity index (χ1v) is 8.71. The number of carbonyl (C=O) groups is 1. The van der Waals surface area contributed by atoms with E-state index in [9.17, 15) is 4.79 Å². The highest BCUT2D eigenvalue weighted by Gasteiger charge is 2.12. The number of tetrazole rings is 1. The lowest BCUT2D eigenvalue weighted by molar-refractivity contribution is 0.102. The average molecular weight is 346 g/mol. The van der Waals surface area contributed by atoms with Crippen LogP contribution in [0.15, 0.2) is 46.9 Å². The first-order chi connectivity index (χ1) is 11.3. The zero-order valence-electron chi connectivity index (χ0n) is 12.4. The minimum Gasteiger partial charge on any atom is -0.497 e. The highest BCUT2D eigenvalue weighted by molar-refractivity contribution is 7.99. The van der Waals surface area contributed by atoms with Crippen LogP contribution in [0.3, 0.4) is 0 Å². The average Bonchev–Trinajstić information content (AvgIpc) is 3.25. The van der Waals surface area contributed by atoms with Crippen molar-refractivity contribution in [2.45, 2.75) is 11.7 Å². The van der Waals surface area contributed by atoms with E-state index in [1.165, 1.54) is 16.6 Å². The van der Waals surface area contributed by atoms with Crippen LogP contribution in [0.4, 0.5) is 0 Å². The van der Waals surface area contributed by atoms with Crippen LogP contribution in [0, 0.1) is 0 Å². The van der Waals surface area contributed by atoms with E-state index in [0.29, 0.717) is 17.3 Å². The molecule has 6 nitrogen and oxygen atoms in total. The number of methoxy groups -OCH3 is 1. The maximum atomic E-state index is 12.2. The van der Waals surface area contributed by atoms with Gasteiger partial charge in [0.1, 0.15) is 5.75 Å². The summed E-state index contributed by atoms with van der Waals surface area (Å²) in [5.41, 5.74) is 0.649. The molecule has 118 valence electrons. The molecule has 1 aromatic carbocycles. The van der Waals surface area contributed by atoms with E-state index in [1.807, 2.05) is 17.5 Å². The molecule has 0 saturated heterocycles. The third-order valence-electron chi connectivity index (χ3n) is 3.13. The van der Waals surface area contributed by atoms with Crippen LogP contribution in [0.1, 0.15) is 15.2 Å². The Hall–Kier alpha value is -2.19. The SMILES string of the molecule is COc1ccc(C(=O)CSc2nnnn2Cc2cccs2)cc1. The topological polar surface area (TPSA) is 69.9 Å². The summed E-state index contributed by atoms with van der Waals surface area (Å²) in [5.74, 6) is 1.05. The van der Waals surface area contributed by atoms with Gasteiger partial charge in [-0.05, 0) is 46.1 Å². The van der Waals surface area contributed by atoms with Crippen LogP contribution < -0.4 is 4.74 Å². The van der Waals surface area contributed by atoms with Gasteiger partial charge in [0.25, 0.3) is 0 Å². The number of nitrogens with zero attached hydrogens (tertiary/aromatic N) is 4. The summed E-state index contributed by atoms with van der Waals surface area (Å²) in [6.45, 7) is 0.615. The Labute approximate surface area is 141 Å². The summed E-state index contributed by atoms with van der Waals surface area (Å²) >= 11 is 2.99. The minimum atomic E-state index is 0.0309. The number of thiophene rings is 1. The molecule has 3 rings (SSSR count). The third kappa shape index (κ3) is 3.96. The predicted octanol–water partition coefficient (Wildman–Crippen LogP) is 2.77. The fraction of sp³-hybridized carbons (Fsp3) is 0.200. The summed E-state index contributed by atoms with van der Waals surface area (Å²) in [6, 6.07) is 11.1. The molecule has 0 spiro atoms. The maximum absolute atomic E-state index is 12.2. The number of ether oxygens (including phenoxy) is 1. The van der Waals surface area contributed by atoms with Gasteiger partial charge in [0.05, 0.1) is 19.4 Å². The van der Waals surface area contributed by atoms with Gasteiger partial charge in [-0.15, -0.1) is 16.4 Å². The number of benzene rings is 1. The van der Waals surface area contributed by atoms with E-state index in [-0.39, 0.29) is 11.5 Å². The normalized spacial score (nSPS) is 10.7. The second-order valence-corrected chi connectivity index (χ2v) is 6.61. The Morgan fingerprint density at radius 2 is 2.13 bits per heavy atom. The number of hydrogen-bond donors (Lipinski definition) is 0. The molecule has 0 aliphatic rings. The van der Waals surface area contributed by atoms with Gasteiger partial charge < -0.3 is 4.74 Å². The zero-order chi connectivity index (χ0) is 16.1. The molecule has 0 saturated carbocycles. The van der Waals surface area contributed by atoms with E-state index < -0.39 is 0 Å². The number of carbonyl (C=O) groups excluding carboxylic acids is 1. The van der Waals surface area contributed by atoms with Crippen molar-refractivity contribution in [3.8, 4) is 5.75 Å². The zero-order valence-corrected chi connectivity index (χ0v) is 14.0. The standard InChI is InChI=1S/C15H14N4O2S2/c1-21-12-6-4-11(5-7-12)14(20)10-23-15-16-17-18-19(15)9-13-3-2-8-22-13/h2-8H,9-10H2,1H3. The summed E-state index contributed by atoms with van der Waals surface area (Å²) in [5, 5.41) is 14.3. The van der Waals surface area contributed by atoms with Crippen molar-refractivity contribution in [3.05, 3.63) is 52.2 Å². The Bertz CT molecular complexity index is 769. The third-order valence-corrected chi connectivity index (χ3v) is 4.95. The first kappa shape index (κ1) is 15.7. The lowest BCUT2D eigenvalue weighted by atomic mass is 10.1. The molecule has 0 N–H and O–H groups in total. The highest BCUT2D eigenvalue weighted by Crippen LogP contribution is 2.19. The molecule has 0 unspecified atom stereocenters. The highest BCUT2D eigenvalue weighted by atomic mass is 32.2. The van der Waals surface area contributed by atoms with Crippen molar-refractivity contribution in [2.75, 3.05) is 12.9 Å². The second-order valence-electron chi connectivity index (χ2n) is 4.64. The maximum Gasteiger partial charge on any atom is 0.210 e. The van der Waals surface area contributed by atoms with Gasteiger partial charge in [0.15, 0.2) is 5.78 Å². The van der Waals surface area contributed by atoms with Crippen molar-refractivity contribution in [1.82, 2.24) is 20.2 Å². The fourth-order valence-corrected chi connectivity index (χ4v) is 3.40. The van der Waals surface area contributed by atoms with Gasteiger partial charge in [-0.25, -0.2) is 4.68 Å². The van der Waals surface area contributed by atoms with E-state index in [2.05, 4.69) is 15.5 Å². The number of hydrogen-bond acceptors (Lipinski definition) is 7. The molecule has 2 heterocycles. The monoisotopic (exact) mass is 346 g/mol. The molecule has 0 amide bonds. The van der Waals surface area contributed by atoms with E-state index in [4.69, 9.17) is 4.74 Å². The molecule has 0 radical (unpaired) electrons. The number of thioether (sulfide) groups is 1. The fourth-order valence-electron chi connectivity index (χ4n) is 1.94. The van der Waals surface area contributed by atoms with E-state index in [1.54, 1.807) is 47.4 Å². The molecular formula is C15H14N4O2S2. The second kappa shape index (κ2) is 7.38. The van der Waals surface area contributed by atoms with Crippen molar-refractivity contribution >= 4 is 28.9 Å². The Balaban J connectivity index is 1.61. The Morgan fingerprint density at radius 1 is 1.30 bits per heavy atom. The molecule has 0 aliphatic heterocycles. The van der Waals surface area contributed by atoms with Crippen molar-refractivity contribution in [1.29, 1.82) is 0 Å². The van der Waals surface area contributed by atoms with E-state index >= 15 is 0 Å². The van der Waals surface area contributed by atoms with Gasteiger partial charge in [-0.3, -0.25) is 4.79 Å². The van der Waals surface area contributed by atoms with Crippen LogP contribution in [0.25, 0.3) is 0 Å². The summed E-state index contributed by atoms with van der Waals surface area (Å²) < 4.78 is 6.79. The van der Waals surface area contributed by atoms with Gasteiger partial charge in [0, 0.05) is 10.4 Å². The lowest BCUT2D eigenvalue weighted by Crippen LogP contribution is -2.06. The first-order valence-electron chi connectivity index (χ1n) is 6.85. The molecule has 3 aromatic rings. The largest absolute Gasteiger partial charge is 0.497 e. The number of aromatic nitrogens is 4. The molecule has 23 heavy (non-hydrogen) atoms. The number of Topliss-reactive ketones (excluding diaryl/α,β-unsaturated/α-hetero) is 1. The molecular weight excluding hydrogens is 332 g/mol. The smallest absolute Gasteiger partial charge is 0.210 e. The number of rotatable bonds is 7.